The molecule has 0 amide bonds. The van der Waals surface area contributed by atoms with Crippen LogP contribution in [0.2, 0.25) is 0 Å². The summed E-state index contributed by atoms with van der Waals surface area (Å²) in [5.41, 5.74) is 0. The van der Waals surface area contributed by atoms with Gasteiger partial charge in [0.1, 0.15) is 16.5 Å². The minimum Gasteiger partial charge on any atom is -0.286 e. The molecule has 0 bridgehead atoms. The van der Waals surface area contributed by atoms with Gasteiger partial charge in [0, 0.05) is 14.1 Å². The first kappa shape index (κ1) is 11.6. The number of hydrogen-bond donors (Lipinski definition) is 1. The monoisotopic (exact) mass is 259 g/mol. The van der Waals surface area contributed by atoms with Gasteiger partial charge in [-0.2, -0.15) is 8.71 Å². The fourth-order valence-electron chi connectivity index (χ4n) is 0.809. The molecular formula is C4H13ClN5P3. The Morgan fingerprint density at radius 2 is 2.00 bits per heavy atom. The first-order valence-electron chi connectivity index (χ1n) is 3.61. The van der Waals surface area contributed by atoms with E-state index in [0.717, 1.165) is 8.51 Å². The van der Waals surface area contributed by atoms with Crippen molar-refractivity contribution in [3.8, 4) is 0 Å². The van der Waals surface area contributed by atoms with Crippen LogP contribution in [0, 0.1) is 0 Å². The van der Waals surface area contributed by atoms with Crippen molar-refractivity contribution in [3.63, 3.8) is 0 Å². The number of rotatable bonds is 2. The largest absolute Gasteiger partial charge is 0.286 e. The number of nitrogens with zero attached hydrogens (tertiary/aromatic N) is 4. The molecule has 2 unspecified atom stereocenters. The van der Waals surface area contributed by atoms with E-state index in [1.54, 1.807) is 0 Å². The van der Waals surface area contributed by atoms with Crippen molar-refractivity contribution >= 4 is 35.0 Å². The maximum absolute atomic E-state index is 6.14. The summed E-state index contributed by atoms with van der Waals surface area (Å²) in [6.45, 7) is 0. The summed E-state index contributed by atoms with van der Waals surface area (Å²) in [5.74, 6) is 0. The molecule has 0 aliphatic rings. The molecule has 0 radical (unpaired) electrons. The molecule has 0 aliphatic heterocycles. The van der Waals surface area contributed by atoms with Gasteiger partial charge < -0.3 is 0 Å². The SMILES string of the molecule is CN(C)n1p(Cl)np[nH]p1N(C)C. The number of nitrogens with one attached hydrogen (secondary N) is 1. The van der Waals surface area contributed by atoms with Gasteiger partial charge in [0.15, 0.2) is 7.20 Å². The highest BCUT2D eigenvalue weighted by Crippen LogP contribution is 2.38. The highest BCUT2D eigenvalue weighted by atomic mass is 35.7. The zero-order valence-electron chi connectivity index (χ0n) is 8.01. The lowest BCUT2D eigenvalue weighted by molar-refractivity contribution is 0.846. The van der Waals surface area contributed by atoms with E-state index in [4.69, 9.17) is 11.2 Å². The predicted molar refractivity (Wildman–Crippen MR) is 63.5 cm³/mol. The lowest BCUT2D eigenvalue weighted by Gasteiger charge is -2.23. The zero-order chi connectivity index (χ0) is 10.0. The van der Waals surface area contributed by atoms with Crippen LogP contribution in [0.25, 0.3) is 0 Å². The zero-order valence-corrected chi connectivity index (χ0v) is 11.4. The highest BCUT2D eigenvalue weighted by molar-refractivity contribution is 7.77. The number of hydrogen-bond acceptors (Lipinski definition) is 3. The van der Waals surface area contributed by atoms with Gasteiger partial charge in [0.2, 0.25) is 0 Å². The Balaban J connectivity index is 3.26. The van der Waals surface area contributed by atoms with Crippen LogP contribution < -0.4 is 9.68 Å². The maximum Gasteiger partial charge on any atom is 0.172 e. The van der Waals surface area contributed by atoms with Gasteiger partial charge in [0.05, 0.1) is 0 Å². The second kappa shape index (κ2) is 4.84. The summed E-state index contributed by atoms with van der Waals surface area (Å²) in [4.78, 5) is 0. The lowest BCUT2D eigenvalue weighted by Crippen LogP contribution is -2.25. The Hall–Kier alpha value is 0.510. The van der Waals surface area contributed by atoms with Crippen molar-refractivity contribution in [3.05, 3.63) is 0 Å². The Bertz CT molecular complexity index is 306. The molecule has 0 fully saturated rings. The van der Waals surface area contributed by atoms with E-state index in [2.05, 4.69) is 17.9 Å². The van der Waals surface area contributed by atoms with E-state index >= 15 is 0 Å². The smallest absolute Gasteiger partial charge is 0.172 e. The van der Waals surface area contributed by atoms with Crippen molar-refractivity contribution in [2.24, 2.45) is 0 Å². The molecular weight excluding hydrogens is 246 g/mol. The molecule has 2 atom stereocenters. The normalized spacial score (nSPS) is 14.7. The minimum atomic E-state index is -0.898. The van der Waals surface area contributed by atoms with E-state index in [1.807, 2.05) is 33.2 Å². The van der Waals surface area contributed by atoms with Gasteiger partial charge in [-0.25, -0.2) is 9.68 Å². The number of H-pyrrole nitrogens is 1. The first-order valence-corrected chi connectivity index (χ1v) is 7.85. The van der Waals surface area contributed by atoms with Crippen LogP contribution in [0.5, 0.6) is 0 Å². The molecule has 1 aromatic heterocycles. The molecule has 9 heteroatoms. The average molecular weight is 260 g/mol. The molecule has 0 saturated carbocycles. The third kappa shape index (κ3) is 2.73. The van der Waals surface area contributed by atoms with E-state index in [1.165, 1.54) is 0 Å². The third-order valence-corrected chi connectivity index (χ3v) is 7.81. The molecule has 1 heterocycles. The van der Waals surface area contributed by atoms with Crippen molar-refractivity contribution in [1.29, 1.82) is 0 Å². The molecule has 0 spiro atoms. The van der Waals surface area contributed by atoms with Crippen LogP contribution in [0.4, 0.5) is 0 Å². The Labute approximate surface area is 86.4 Å². The van der Waals surface area contributed by atoms with E-state index in [0.29, 0.717) is 0 Å². The molecule has 0 aromatic carbocycles. The van der Waals surface area contributed by atoms with Crippen LogP contribution in [-0.4, -0.2) is 41.4 Å². The van der Waals surface area contributed by atoms with Gasteiger partial charge >= 0.3 is 0 Å². The number of aromatic amines is 1. The Morgan fingerprint density at radius 1 is 1.38 bits per heavy atom. The molecule has 1 N–H and O–H groups in total. The van der Waals surface area contributed by atoms with Crippen molar-refractivity contribution in [2.75, 3.05) is 37.9 Å². The van der Waals surface area contributed by atoms with Crippen LogP contribution in [0.3, 0.4) is 0 Å². The van der Waals surface area contributed by atoms with Gasteiger partial charge in [-0.15, -0.1) is 0 Å². The van der Waals surface area contributed by atoms with Crippen LogP contribution in [0.1, 0.15) is 0 Å². The summed E-state index contributed by atoms with van der Waals surface area (Å²) in [5, 5.41) is 2.00. The summed E-state index contributed by atoms with van der Waals surface area (Å²) < 4.78 is 11.7. The fraction of sp³-hybridized carbons (Fsp3) is 1.00. The van der Waals surface area contributed by atoms with E-state index in [-0.39, 0.29) is 0 Å². The lowest BCUT2D eigenvalue weighted by atomic mass is 11.2. The molecule has 1 rings (SSSR count). The fourth-order valence-corrected chi connectivity index (χ4v) is 7.23. The second-order valence-corrected chi connectivity index (χ2v) is 8.34. The van der Waals surface area contributed by atoms with Gasteiger partial charge in [-0.3, -0.25) is 4.51 Å². The van der Waals surface area contributed by atoms with Gasteiger partial charge in [-0.05, 0) is 25.3 Å². The summed E-state index contributed by atoms with van der Waals surface area (Å²) in [7, 11) is 7.49. The molecule has 0 aliphatic carbocycles. The topological polar surface area (TPSA) is 40.1 Å². The minimum absolute atomic E-state index is 0.540. The third-order valence-electron chi connectivity index (χ3n) is 1.31. The maximum atomic E-state index is 6.14. The van der Waals surface area contributed by atoms with Crippen molar-refractivity contribution < 1.29 is 0 Å². The summed E-state index contributed by atoms with van der Waals surface area (Å²) >= 11 is 6.14. The molecule has 13 heavy (non-hydrogen) atoms. The first-order chi connectivity index (χ1) is 6.04. The van der Waals surface area contributed by atoms with Crippen molar-refractivity contribution in [1.82, 2.24) is 13.2 Å². The predicted octanol–water partition coefficient (Wildman–Crippen LogP) is 2.29. The quantitative estimate of drug-likeness (QED) is 0.886. The van der Waals surface area contributed by atoms with Crippen LogP contribution in [0.15, 0.2) is 0 Å². The molecule has 0 saturated heterocycles. The second-order valence-electron chi connectivity index (χ2n) is 2.78. The van der Waals surface area contributed by atoms with E-state index in [9.17, 15) is 0 Å². The number of halogens is 1. The van der Waals surface area contributed by atoms with Crippen LogP contribution >= 0.6 is 35.0 Å². The Kier molecular flexibility index (Phi) is 4.31. The molecule has 76 valence electrons. The van der Waals surface area contributed by atoms with Gasteiger partial charge in [0.25, 0.3) is 0 Å². The molecule has 1 aromatic rings. The Morgan fingerprint density at radius 3 is 2.38 bits per heavy atom. The average Bonchev–Trinajstić information content (AvgIpc) is 2.02. The van der Waals surface area contributed by atoms with Crippen molar-refractivity contribution in [2.45, 2.75) is 0 Å². The summed E-state index contributed by atoms with van der Waals surface area (Å²) in [6, 6.07) is 0. The number of aromatic nitrogens is 3. The standard InChI is InChI=1S/C4H13ClN5P3/c1-8(2)10-12(5)6-11-7-13(10)9(3)4/h1-4H3,(H,6,7). The molecule has 5 nitrogen and oxygen atoms in total. The summed E-state index contributed by atoms with van der Waals surface area (Å²) in [6.07, 6.45) is 0. The van der Waals surface area contributed by atoms with E-state index < -0.39 is 15.2 Å². The highest BCUT2D eigenvalue weighted by Gasteiger charge is 2.08. The van der Waals surface area contributed by atoms with Gasteiger partial charge in [-0.1, -0.05) is 0 Å². The van der Waals surface area contributed by atoms with Crippen LogP contribution in [-0.2, 0) is 0 Å².